The van der Waals surface area contributed by atoms with Crippen molar-refractivity contribution >= 4 is 0 Å². The SMILES string of the molecule is c1ccc2ccc(CN3CCOCC3)c-2cc1. The maximum atomic E-state index is 5.38. The van der Waals surface area contributed by atoms with E-state index in [1.54, 1.807) is 0 Å². The Labute approximate surface area is 102 Å². The number of hydrogen-bond acceptors (Lipinski definition) is 2. The minimum absolute atomic E-state index is 0.867. The first-order chi connectivity index (χ1) is 8.43. The van der Waals surface area contributed by atoms with Crippen LogP contribution in [0.2, 0.25) is 0 Å². The Kier molecular flexibility index (Phi) is 3.08. The van der Waals surface area contributed by atoms with Gasteiger partial charge in [-0.1, -0.05) is 42.5 Å². The van der Waals surface area contributed by atoms with Gasteiger partial charge in [0.2, 0.25) is 0 Å². The van der Waals surface area contributed by atoms with Gasteiger partial charge >= 0.3 is 0 Å². The highest BCUT2D eigenvalue weighted by Crippen LogP contribution is 2.27. The topological polar surface area (TPSA) is 12.5 Å². The Balaban J connectivity index is 1.82. The molecule has 0 aromatic rings. The van der Waals surface area contributed by atoms with E-state index in [4.69, 9.17) is 4.74 Å². The molecule has 17 heavy (non-hydrogen) atoms. The molecule has 0 unspecified atom stereocenters. The monoisotopic (exact) mass is 227 g/mol. The smallest absolute Gasteiger partial charge is 0.0594 e. The summed E-state index contributed by atoms with van der Waals surface area (Å²) in [5.74, 6) is 0. The van der Waals surface area contributed by atoms with Gasteiger partial charge in [-0.2, -0.15) is 0 Å². The Bertz CT molecular complexity index is 462. The van der Waals surface area contributed by atoms with Crippen molar-refractivity contribution in [1.29, 1.82) is 0 Å². The zero-order valence-corrected chi connectivity index (χ0v) is 9.93. The summed E-state index contributed by atoms with van der Waals surface area (Å²) < 4.78 is 5.38. The second-order valence-corrected chi connectivity index (χ2v) is 4.53. The fourth-order valence-corrected chi connectivity index (χ4v) is 2.42. The van der Waals surface area contributed by atoms with Crippen LogP contribution in [-0.2, 0) is 11.3 Å². The standard InChI is InChI=1S/C15H17NO/c1-2-4-13-6-7-14(15(13)5-3-1)12-16-8-10-17-11-9-16/h1-7H,8-12H2. The Hall–Kier alpha value is -1.38. The molecule has 0 N–H and O–H groups in total. The van der Waals surface area contributed by atoms with Crippen LogP contribution in [0, 0.1) is 0 Å². The number of nitrogens with zero attached hydrogens (tertiary/aromatic N) is 1. The lowest BCUT2D eigenvalue weighted by molar-refractivity contribution is 0.0343. The number of morpholine rings is 1. The third kappa shape index (κ3) is 2.33. The molecule has 0 atom stereocenters. The summed E-state index contributed by atoms with van der Waals surface area (Å²) in [5, 5.41) is 0. The minimum Gasteiger partial charge on any atom is -0.379 e. The number of hydrogen-bond donors (Lipinski definition) is 0. The quantitative estimate of drug-likeness (QED) is 0.782. The molecule has 88 valence electrons. The van der Waals surface area contributed by atoms with Crippen LogP contribution < -0.4 is 0 Å². The summed E-state index contributed by atoms with van der Waals surface area (Å²) in [4.78, 5) is 2.46. The van der Waals surface area contributed by atoms with Crippen LogP contribution in [-0.4, -0.2) is 31.2 Å². The van der Waals surface area contributed by atoms with Crippen LogP contribution in [0.4, 0.5) is 0 Å². The molecule has 0 aromatic carbocycles. The van der Waals surface area contributed by atoms with Crippen molar-refractivity contribution in [2.24, 2.45) is 0 Å². The van der Waals surface area contributed by atoms with E-state index in [0.29, 0.717) is 0 Å². The van der Waals surface area contributed by atoms with Crippen molar-refractivity contribution in [1.82, 2.24) is 4.90 Å². The van der Waals surface area contributed by atoms with Gasteiger partial charge in [0.25, 0.3) is 0 Å². The van der Waals surface area contributed by atoms with Crippen LogP contribution in [0.15, 0.2) is 42.5 Å². The predicted molar refractivity (Wildman–Crippen MR) is 69.2 cm³/mol. The molecular formula is C15H17NO. The van der Waals surface area contributed by atoms with E-state index in [1.165, 1.54) is 16.7 Å². The van der Waals surface area contributed by atoms with Gasteiger partial charge in [-0.3, -0.25) is 4.90 Å². The molecule has 0 amide bonds. The first-order valence-corrected chi connectivity index (χ1v) is 6.20. The van der Waals surface area contributed by atoms with E-state index >= 15 is 0 Å². The number of ether oxygens (including phenoxy) is 1. The molecule has 1 aliphatic heterocycles. The molecule has 1 fully saturated rings. The van der Waals surface area contributed by atoms with Crippen molar-refractivity contribution in [2.75, 3.05) is 26.3 Å². The van der Waals surface area contributed by atoms with Gasteiger partial charge in [-0.05, 0) is 16.7 Å². The lowest BCUT2D eigenvalue weighted by Crippen LogP contribution is -2.35. The molecule has 1 heterocycles. The van der Waals surface area contributed by atoms with Gasteiger partial charge < -0.3 is 4.74 Å². The molecule has 2 aliphatic carbocycles. The normalized spacial score (nSPS) is 17.4. The average Bonchev–Trinajstić information content (AvgIpc) is 2.61. The third-order valence-corrected chi connectivity index (χ3v) is 3.38. The van der Waals surface area contributed by atoms with Gasteiger partial charge in [-0.15, -0.1) is 0 Å². The molecule has 2 heteroatoms. The van der Waals surface area contributed by atoms with Gasteiger partial charge in [0.05, 0.1) is 13.2 Å². The van der Waals surface area contributed by atoms with Crippen molar-refractivity contribution in [2.45, 2.75) is 6.54 Å². The second kappa shape index (κ2) is 4.86. The summed E-state index contributed by atoms with van der Waals surface area (Å²) in [5.41, 5.74) is 4.14. The van der Waals surface area contributed by atoms with Gasteiger partial charge in [0.1, 0.15) is 0 Å². The summed E-state index contributed by atoms with van der Waals surface area (Å²) in [6.45, 7) is 4.87. The zero-order valence-electron chi connectivity index (χ0n) is 9.93. The van der Waals surface area contributed by atoms with Crippen LogP contribution in [0.1, 0.15) is 5.56 Å². The molecule has 2 nitrogen and oxygen atoms in total. The molecule has 0 radical (unpaired) electrons. The van der Waals surface area contributed by atoms with Crippen molar-refractivity contribution in [3.63, 3.8) is 0 Å². The average molecular weight is 227 g/mol. The Morgan fingerprint density at radius 3 is 2.65 bits per heavy atom. The highest BCUT2D eigenvalue weighted by atomic mass is 16.5. The molecule has 1 saturated heterocycles. The zero-order chi connectivity index (χ0) is 11.5. The third-order valence-electron chi connectivity index (χ3n) is 3.38. The van der Waals surface area contributed by atoms with E-state index in [2.05, 4.69) is 47.4 Å². The van der Waals surface area contributed by atoms with Gasteiger partial charge in [0.15, 0.2) is 0 Å². The predicted octanol–water partition coefficient (Wildman–Crippen LogP) is 2.62. The summed E-state index contributed by atoms with van der Waals surface area (Å²) >= 11 is 0. The molecule has 0 bridgehead atoms. The Morgan fingerprint density at radius 1 is 0.941 bits per heavy atom. The molecule has 3 rings (SSSR count). The second-order valence-electron chi connectivity index (χ2n) is 4.53. The van der Waals surface area contributed by atoms with Crippen LogP contribution in [0.25, 0.3) is 11.1 Å². The lowest BCUT2D eigenvalue weighted by atomic mass is 10.1. The number of rotatable bonds is 2. The van der Waals surface area contributed by atoms with Crippen molar-refractivity contribution in [3.8, 4) is 11.1 Å². The molecule has 3 aliphatic rings. The largest absolute Gasteiger partial charge is 0.379 e. The van der Waals surface area contributed by atoms with Gasteiger partial charge in [-0.25, -0.2) is 0 Å². The maximum absolute atomic E-state index is 5.38. The fourth-order valence-electron chi connectivity index (χ4n) is 2.42. The number of fused-ring (bicyclic) bond motifs is 1. The summed E-state index contributed by atoms with van der Waals surface area (Å²) in [6, 6.07) is 15.2. The lowest BCUT2D eigenvalue weighted by Gasteiger charge is -2.26. The molecule has 0 spiro atoms. The minimum atomic E-state index is 0.867. The van der Waals surface area contributed by atoms with Crippen LogP contribution >= 0.6 is 0 Å². The van der Waals surface area contributed by atoms with E-state index < -0.39 is 0 Å². The van der Waals surface area contributed by atoms with E-state index in [1.807, 2.05) is 0 Å². The molecule has 0 saturated carbocycles. The van der Waals surface area contributed by atoms with E-state index in [0.717, 1.165) is 32.8 Å². The summed E-state index contributed by atoms with van der Waals surface area (Å²) in [6.07, 6.45) is 0. The van der Waals surface area contributed by atoms with E-state index in [-0.39, 0.29) is 0 Å². The first kappa shape index (κ1) is 10.8. The maximum Gasteiger partial charge on any atom is 0.0594 e. The molecular weight excluding hydrogens is 210 g/mol. The Morgan fingerprint density at radius 2 is 1.76 bits per heavy atom. The van der Waals surface area contributed by atoms with Gasteiger partial charge in [0, 0.05) is 19.6 Å². The van der Waals surface area contributed by atoms with Crippen LogP contribution in [0.3, 0.4) is 0 Å². The summed E-state index contributed by atoms with van der Waals surface area (Å²) in [7, 11) is 0. The highest BCUT2D eigenvalue weighted by molar-refractivity contribution is 5.70. The highest BCUT2D eigenvalue weighted by Gasteiger charge is 2.14. The van der Waals surface area contributed by atoms with Crippen molar-refractivity contribution < 1.29 is 4.74 Å². The van der Waals surface area contributed by atoms with Crippen molar-refractivity contribution in [3.05, 3.63) is 48.0 Å². The van der Waals surface area contributed by atoms with E-state index in [9.17, 15) is 0 Å². The first-order valence-electron chi connectivity index (χ1n) is 6.20. The fraction of sp³-hybridized carbons (Fsp3) is 0.333. The molecule has 0 aromatic heterocycles. The van der Waals surface area contributed by atoms with Crippen LogP contribution in [0.5, 0.6) is 0 Å².